The van der Waals surface area contributed by atoms with Crippen LogP contribution in [0, 0.1) is 0 Å². The Labute approximate surface area is 104 Å². The number of hydrogen-bond donors (Lipinski definition) is 0. The van der Waals surface area contributed by atoms with E-state index in [1.807, 2.05) is 0 Å². The van der Waals surface area contributed by atoms with Crippen LogP contribution in [-0.4, -0.2) is 83.3 Å². The van der Waals surface area contributed by atoms with Gasteiger partial charge in [-0.2, -0.15) is 0 Å². The van der Waals surface area contributed by atoms with Gasteiger partial charge < -0.3 is 0 Å². The van der Waals surface area contributed by atoms with Gasteiger partial charge in [-0.25, -0.2) is 0 Å². The van der Waals surface area contributed by atoms with Crippen molar-refractivity contribution in [1.29, 1.82) is 0 Å². The molecule has 4 saturated heterocycles. The first-order valence-electron chi connectivity index (χ1n) is 7.17. The van der Waals surface area contributed by atoms with Gasteiger partial charge in [0, 0.05) is 52.4 Å². The van der Waals surface area contributed by atoms with Crippen molar-refractivity contribution in [3.05, 3.63) is 0 Å². The van der Waals surface area contributed by atoms with Crippen molar-refractivity contribution in [3.8, 4) is 0 Å². The van der Waals surface area contributed by atoms with Crippen LogP contribution in [0.4, 0.5) is 0 Å². The second-order valence-electron chi connectivity index (χ2n) is 6.34. The summed E-state index contributed by atoms with van der Waals surface area (Å²) in [6.45, 7) is 15.2. The Kier molecular flexibility index (Phi) is 2.04. The molecular formula is C13H24N4. The molecular weight excluding hydrogens is 212 g/mol. The van der Waals surface area contributed by atoms with Gasteiger partial charge in [-0.1, -0.05) is 0 Å². The van der Waals surface area contributed by atoms with E-state index in [2.05, 4.69) is 33.4 Å². The summed E-state index contributed by atoms with van der Waals surface area (Å²) in [7, 11) is 0. The molecule has 4 aliphatic rings. The molecule has 4 heteroatoms. The second kappa shape index (κ2) is 3.23. The molecule has 17 heavy (non-hydrogen) atoms. The normalized spacial score (nSPS) is 48.4. The lowest BCUT2D eigenvalue weighted by Gasteiger charge is -2.69. The maximum atomic E-state index is 2.75. The maximum Gasteiger partial charge on any atom is 0.103 e. The predicted octanol–water partition coefficient (Wildman–Crippen LogP) is 0.0713. The SMILES string of the molecule is CC12N3CCCN1CCN1CCN(CC3)C12C. The van der Waals surface area contributed by atoms with E-state index in [9.17, 15) is 0 Å². The van der Waals surface area contributed by atoms with E-state index in [1.54, 1.807) is 0 Å². The lowest BCUT2D eigenvalue weighted by molar-refractivity contribution is -0.249. The topological polar surface area (TPSA) is 13.0 Å². The van der Waals surface area contributed by atoms with Crippen molar-refractivity contribution in [2.24, 2.45) is 0 Å². The molecule has 0 amide bonds. The lowest BCUT2D eigenvalue weighted by atomic mass is 9.83. The molecule has 4 nitrogen and oxygen atoms in total. The van der Waals surface area contributed by atoms with Crippen molar-refractivity contribution in [3.63, 3.8) is 0 Å². The summed E-state index contributed by atoms with van der Waals surface area (Å²) in [5.41, 5.74) is 0.502. The van der Waals surface area contributed by atoms with Gasteiger partial charge in [-0.05, 0) is 20.3 Å². The van der Waals surface area contributed by atoms with Gasteiger partial charge >= 0.3 is 0 Å². The van der Waals surface area contributed by atoms with Gasteiger partial charge in [-0.3, -0.25) is 19.6 Å². The first-order chi connectivity index (χ1) is 8.17. The number of hydrogen-bond acceptors (Lipinski definition) is 4. The zero-order chi connectivity index (χ0) is 11.7. The smallest absolute Gasteiger partial charge is 0.103 e. The summed E-state index contributed by atoms with van der Waals surface area (Å²) in [6, 6.07) is 0. The highest BCUT2D eigenvalue weighted by Gasteiger charge is 2.65. The van der Waals surface area contributed by atoms with Gasteiger partial charge in [0.1, 0.15) is 11.3 Å². The fourth-order valence-electron chi connectivity index (χ4n) is 4.96. The zero-order valence-corrected chi connectivity index (χ0v) is 11.2. The van der Waals surface area contributed by atoms with Crippen molar-refractivity contribution in [2.75, 3.05) is 52.4 Å². The van der Waals surface area contributed by atoms with Crippen molar-refractivity contribution >= 4 is 0 Å². The van der Waals surface area contributed by atoms with Crippen LogP contribution in [-0.2, 0) is 0 Å². The third kappa shape index (κ3) is 1.05. The molecule has 0 spiro atoms. The molecule has 0 N–H and O–H groups in total. The van der Waals surface area contributed by atoms with Crippen molar-refractivity contribution in [2.45, 2.75) is 31.6 Å². The molecule has 4 rings (SSSR count). The minimum Gasteiger partial charge on any atom is -0.282 e. The highest BCUT2D eigenvalue weighted by Crippen LogP contribution is 2.48. The molecule has 0 aromatic heterocycles. The summed E-state index contributed by atoms with van der Waals surface area (Å²) in [5.74, 6) is 0. The van der Waals surface area contributed by atoms with Crippen LogP contribution < -0.4 is 0 Å². The fourth-order valence-corrected chi connectivity index (χ4v) is 4.96. The molecule has 0 saturated carbocycles. The molecule has 0 bridgehead atoms. The standard InChI is InChI=1S/C13H24N4/c1-12-13(2)16-8-6-14(12)4-3-5-15(12)7-9-17(13)11-10-16/h3-11H2,1-2H3. The molecule has 0 unspecified atom stereocenters. The van der Waals surface area contributed by atoms with Crippen LogP contribution in [0.2, 0.25) is 0 Å². The average molecular weight is 236 g/mol. The van der Waals surface area contributed by atoms with Crippen LogP contribution in [0.25, 0.3) is 0 Å². The van der Waals surface area contributed by atoms with Gasteiger partial charge in [0.2, 0.25) is 0 Å². The predicted molar refractivity (Wildman–Crippen MR) is 67.7 cm³/mol. The Bertz CT molecular complexity index is 318. The van der Waals surface area contributed by atoms with Crippen LogP contribution in [0.15, 0.2) is 0 Å². The number of rotatable bonds is 0. The zero-order valence-electron chi connectivity index (χ0n) is 11.2. The van der Waals surface area contributed by atoms with Crippen LogP contribution in [0.3, 0.4) is 0 Å². The summed E-state index contributed by atoms with van der Waals surface area (Å²) < 4.78 is 0. The van der Waals surface area contributed by atoms with E-state index in [1.165, 1.54) is 58.8 Å². The Morgan fingerprint density at radius 1 is 0.529 bits per heavy atom. The van der Waals surface area contributed by atoms with Crippen LogP contribution in [0.1, 0.15) is 20.3 Å². The van der Waals surface area contributed by atoms with E-state index in [0.29, 0.717) is 0 Å². The molecule has 4 aliphatic heterocycles. The van der Waals surface area contributed by atoms with E-state index < -0.39 is 0 Å². The van der Waals surface area contributed by atoms with E-state index >= 15 is 0 Å². The summed E-state index contributed by atoms with van der Waals surface area (Å²) in [6.07, 6.45) is 1.35. The Hall–Kier alpha value is -0.160. The fraction of sp³-hybridized carbons (Fsp3) is 1.00. The first kappa shape index (κ1) is 10.7. The number of nitrogens with zero attached hydrogens (tertiary/aromatic N) is 4. The van der Waals surface area contributed by atoms with E-state index in [0.717, 1.165) is 0 Å². The number of piperazine rings is 2. The van der Waals surface area contributed by atoms with Crippen LogP contribution in [0.5, 0.6) is 0 Å². The van der Waals surface area contributed by atoms with Gasteiger partial charge in [0.15, 0.2) is 0 Å². The highest BCUT2D eigenvalue weighted by molar-refractivity contribution is 5.16. The third-order valence-electron chi connectivity index (χ3n) is 6.14. The van der Waals surface area contributed by atoms with Gasteiger partial charge in [0.25, 0.3) is 0 Å². The monoisotopic (exact) mass is 236 g/mol. The molecule has 4 heterocycles. The molecule has 4 fully saturated rings. The Morgan fingerprint density at radius 3 is 1.18 bits per heavy atom. The lowest BCUT2D eigenvalue weighted by Crippen LogP contribution is -2.85. The van der Waals surface area contributed by atoms with E-state index in [4.69, 9.17) is 0 Å². The highest BCUT2D eigenvalue weighted by atomic mass is 15.6. The minimum absolute atomic E-state index is 0.248. The quantitative estimate of drug-likeness (QED) is 0.590. The molecule has 96 valence electrons. The molecule has 0 atom stereocenters. The van der Waals surface area contributed by atoms with Gasteiger partial charge in [-0.15, -0.1) is 0 Å². The molecule has 0 aliphatic carbocycles. The summed E-state index contributed by atoms with van der Waals surface area (Å²) in [4.78, 5) is 11.0. The molecule has 0 aromatic rings. The van der Waals surface area contributed by atoms with Gasteiger partial charge in [0.05, 0.1) is 0 Å². The summed E-state index contributed by atoms with van der Waals surface area (Å²) >= 11 is 0. The average Bonchev–Trinajstić information content (AvgIpc) is 2.66. The molecule has 0 radical (unpaired) electrons. The minimum atomic E-state index is 0.248. The van der Waals surface area contributed by atoms with E-state index in [-0.39, 0.29) is 11.3 Å². The largest absolute Gasteiger partial charge is 0.282 e. The summed E-state index contributed by atoms with van der Waals surface area (Å²) in [5, 5.41) is 0. The first-order valence-corrected chi connectivity index (χ1v) is 7.17. The molecule has 0 aromatic carbocycles. The Morgan fingerprint density at radius 2 is 0.824 bits per heavy atom. The Balaban J connectivity index is 1.85. The second-order valence-corrected chi connectivity index (χ2v) is 6.34. The van der Waals surface area contributed by atoms with Crippen LogP contribution >= 0.6 is 0 Å². The maximum absolute atomic E-state index is 2.75. The van der Waals surface area contributed by atoms with Crippen molar-refractivity contribution in [1.82, 2.24) is 19.6 Å². The van der Waals surface area contributed by atoms with Crippen molar-refractivity contribution < 1.29 is 0 Å². The third-order valence-corrected chi connectivity index (χ3v) is 6.14.